The molecule has 0 spiro atoms. The molecule has 0 saturated carbocycles. The second-order valence-electron chi connectivity index (χ2n) is 6.40. The van der Waals surface area contributed by atoms with Crippen molar-refractivity contribution < 1.29 is 9.90 Å². The van der Waals surface area contributed by atoms with Gasteiger partial charge in [0, 0.05) is 25.3 Å². The number of carboxylic acids is 1. The summed E-state index contributed by atoms with van der Waals surface area (Å²) in [5.74, 6) is -0.183. The third-order valence-electron chi connectivity index (χ3n) is 4.67. The number of benzene rings is 2. The number of aromatic carboxylic acids is 1. The maximum Gasteiger partial charge on any atom is 0.335 e. The molecule has 1 aliphatic heterocycles. The number of nitrogens with zero attached hydrogens (tertiary/aromatic N) is 1. The molecule has 1 saturated heterocycles. The molecule has 0 bridgehead atoms. The lowest BCUT2D eigenvalue weighted by molar-refractivity contribution is 0.0696. The van der Waals surface area contributed by atoms with Gasteiger partial charge >= 0.3 is 5.97 Å². The summed E-state index contributed by atoms with van der Waals surface area (Å²) in [6, 6.07) is 17.7. The van der Waals surface area contributed by atoms with Crippen LogP contribution in [0.2, 0.25) is 0 Å². The van der Waals surface area contributed by atoms with Gasteiger partial charge in [0.2, 0.25) is 0 Å². The van der Waals surface area contributed by atoms with Gasteiger partial charge in [0.05, 0.1) is 5.56 Å². The third kappa shape index (κ3) is 4.36. The highest BCUT2D eigenvalue weighted by Gasteiger charge is 2.18. The molecule has 0 atom stereocenters. The number of rotatable bonds is 6. The Balaban J connectivity index is 1.42. The average Bonchev–Trinajstić information content (AvgIpc) is 2.63. The molecule has 3 rings (SSSR count). The zero-order valence-corrected chi connectivity index (χ0v) is 13.8. The molecule has 126 valence electrons. The van der Waals surface area contributed by atoms with E-state index >= 15 is 0 Å². The first kappa shape index (κ1) is 16.5. The Hall–Kier alpha value is -2.33. The first-order valence-corrected chi connectivity index (χ1v) is 8.55. The molecule has 2 aromatic carbocycles. The number of piperidine rings is 1. The summed E-state index contributed by atoms with van der Waals surface area (Å²) in [6.45, 7) is 3.91. The van der Waals surface area contributed by atoms with E-state index in [0.717, 1.165) is 31.7 Å². The standard InChI is InChI=1S/C20H24N2O2/c23-20(24)18-6-4-5-17(13-18)15-21-14-16-9-11-22(12-10-16)19-7-2-1-3-8-19/h1-8,13,16,21H,9-12,14-15H2,(H,23,24). The Morgan fingerprint density at radius 3 is 2.54 bits per heavy atom. The van der Waals surface area contributed by atoms with Gasteiger partial charge in [0.15, 0.2) is 0 Å². The normalized spacial score (nSPS) is 15.4. The number of hydrogen-bond acceptors (Lipinski definition) is 3. The summed E-state index contributed by atoms with van der Waals surface area (Å²) in [4.78, 5) is 13.4. The highest BCUT2D eigenvalue weighted by atomic mass is 16.4. The first-order chi connectivity index (χ1) is 11.7. The Kier molecular flexibility index (Phi) is 5.49. The van der Waals surface area contributed by atoms with Crippen molar-refractivity contribution in [1.29, 1.82) is 0 Å². The summed E-state index contributed by atoms with van der Waals surface area (Å²) in [5.41, 5.74) is 2.69. The number of carbonyl (C=O) groups is 1. The molecule has 1 fully saturated rings. The minimum atomic E-state index is -0.870. The van der Waals surface area contributed by atoms with E-state index in [-0.39, 0.29) is 0 Å². The number of anilines is 1. The van der Waals surface area contributed by atoms with E-state index in [1.165, 1.54) is 18.5 Å². The van der Waals surface area contributed by atoms with Gasteiger partial charge in [-0.1, -0.05) is 30.3 Å². The molecular weight excluding hydrogens is 300 g/mol. The van der Waals surface area contributed by atoms with Crippen LogP contribution in [-0.2, 0) is 6.54 Å². The lowest BCUT2D eigenvalue weighted by Gasteiger charge is -2.33. The topological polar surface area (TPSA) is 52.6 Å². The molecule has 0 radical (unpaired) electrons. The van der Waals surface area contributed by atoms with Crippen LogP contribution in [0, 0.1) is 5.92 Å². The van der Waals surface area contributed by atoms with Crippen LogP contribution >= 0.6 is 0 Å². The maximum absolute atomic E-state index is 11.0. The van der Waals surface area contributed by atoms with E-state index in [1.54, 1.807) is 18.2 Å². The van der Waals surface area contributed by atoms with Crippen LogP contribution in [0.4, 0.5) is 5.69 Å². The monoisotopic (exact) mass is 324 g/mol. The van der Waals surface area contributed by atoms with Crippen molar-refractivity contribution in [1.82, 2.24) is 5.32 Å². The molecule has 0 unspecified atom stereocenters. The highest BCUT2D eigenvalue weighted by Crippen LogP contribution is 2.22. The maximum atomic E-state index is 11.0. The van der Waals surface area contributed by atoms with E-state index < -0.39 is 5.97 Å². The average molecular weight is 324 g/mol. The molecule has 0 amide bonds. The van der Waals surface area contributed by atoms with Crippen LogP contribution < -0.4 is 10.2 Å². The van der Waals surface area contributed by atoms with Crippen molar-refractivity contribution in [2.24, 2.45) is 5.92 Å². The summed E-state index contributed by atoms with van der Waals surface area (Å²) in [5, 5.41) is 12.5. The Morgan fingerprint density at radius 1 is 1.08 bits per heavy atom. The molecule has 2 aromatic rings. The van der Waals surface area contributed by atoms with Crippen LogP contribution in [-0.4, -0.2) is 30.7 Å². The number of para-hydroxylation sites is 1. The van der Waals surface area contributed by atoms with Gasteiger partial charge < -0.3 is 15.3 Å². The Morgan fingerprint density at radius 2 is 1.83 bits per heavy atom. The van der Waals surface area contributed by atoms with E-state index in [2.05, 4.69) is 40.5 Å². The predicted octanol–water partition coefficient (Wildman–Crippen LogP) is 3.39. The minimum absolute atomic E-state index is 0.352. The molecule has 0 aliphatic carbocycles. The second-order valence-corrected chi connectivity index (χ2v) is 6.40. The summed E-state index contributed by atoms with van der Waals surface area (Å²) in [6.07, 6.45) is 2.38. The lowest BCUT2D eigenvalue weighted by Crippen LogP contribution is -2.37. The van der Waals surface area contributed by atoms with Gasteiger partial charge in [-0.15, -0.1) is 0 Å². The number of carboxylic acid groups (broad SMARTS) is 1. The summed E-state index contributed by atoms with van der Waals surface area (Å²) >= 11 is 0. The van der Waals surface area contributed by atoms with Crippen LogP contribution in [0.25, 0.3) is 0 Å². The fourth-order valence-corrected chi connectivity index (χ4v) is 3.27. The Bertz CT molecular complexity index is 664. The van der Waals surface area contributed by atoms with Gasteiger partial charge in [-0.2, -0.15) is 0 Å². The fourth-order valence-electron chi connectivity index (χ4n) is 3.27. The second kappa shape index (κ2) is 7.97. The molecule has 0 aromatic heterocycles. The molecule has 24 heavy (non-hydrogen) atoms. The predicted molar refractivity (Wildman–Crippen MR) is 96.5 cm³/mol. The number of hydrogen-bond donors (Lipinski definition) is 2. The summed E-state index contributed by atoms with van der Waals surface area (Å²) < 4.78 is 0. The lowest BCUT2D eigenvalue weighted by atomic mass is 9.96. The smallest absolute Gasteiger partial charge is 0.335 e. The van der Waals surface area contributed by atoms with Crippen molar-refractivity contribution in [2.75, 3.05) is 24.5 Å². The van der Waals surface area contributed by atoms with Crippen LogP contribution in [0.15, 0.2) is 54.6 Å². The quantitative estimate of drug-likeness (QED) is 0.855. The molecule has 2 N–H and O–H groups in total. The SMILES string of the molecule is O=C(O)c1cccc(CNCC2CCN(c3ccccc3)CC2)c1. The van der Waals surface area contributed by atoms with Crippen molar-refractivity contribution >= 4 is 11.7 Å². The first-order valence-electron chi connectivity index (χ1n) is 8.55. The zero-order valence-electron chi connectivity index (χ0n) is 13.8. The summed E-state index contributed by atoms with van der Waals surface area (Å²) in [7, 11) is 0. The van der Waals surface area contributed by atoms with Crippen LogP contribution in [0.5, 0.6) is 0 Å². The van der Waals surface area contributed by atoms with Gasteiger partial charge in [0.25, 0.3) is 0 Å². The highest BCUT2D eigenvalue weighted by molar-refractivity contribution is 5.87. The van der Waals surface area contributed by atoms with Crippen molar-refractivity contribution in [3.05, 3.63) is 65.7 Å². The molecule has 1 aliphatic rings. The van der Waals surface area contributed by atoms with Gasteiger partial charge in [-0.05, 0) is 55.1 Å². The molecule has 4 nitrogen and oxygen atoms in total. The van der Waals surface area contributed by atoms with Gasteiger partial charge in [-0.25, -0.2) is 4.79 Å². The van der Waals surface area contributed by atoms with Crippen LogP contribution in [0.1, 0.15) is 28.8 Å². The third-order valence-corrected chi connectivity index (χ3v) is 4.67. The fraction of sp³-hybridized carbons (Fsp3) is 0.350. The van der Waals surface area contributed by atoms with Crippen molar-refractivity contribution in [2.45, 2.75) is 19.4 Å². The largest absolute Gasteiger partial charge is 0.478 e. The van der Waals surface area contributed by atoms with Gasteiger partial charge in [0.1, 0.15) is 0 Å². The molecule has 4 heteroatoms. The van der Waals surface area contributed by atoms with Gasteiger partial charge in [-0.3, -0.25) is 0 Å². The van der Waals surface area contributed by atoms with Crippen molar-refractivity contribution in [3.63, 3.8) is 0 Å². The van der Waals surface area contributed by atoms with E-state index in [1.807, 2.05) is 6.07 Å². The van der Waals surface area contributed by atoms with E-state index in [4.69, 9.17) is 5.11 Å². The van der Waals surface area contributed by atoms with E-state index in [9.17, 15) is 4.79 Å². The number of nitrogens with one attached hydrogen (secondary N) is 1. The van der Waals surface area contributed by atoms with E-state index in [0.29, 0.717) is 11.5 Å². The van der Waals surface area contributed by atoms with Crippen molar-refractivity contribution in [3.8, 4) is 0 Å². The molecular formula is C20H24N2O2. The minimum Gasteiger partial charge on any atom is -0.478 e. The molecule has 1 heterocycles. The van der Waals surface area contributed by atoms with Crippen LogP contribution in [0.3, 0.4) is 0 Å². The Labute approximate surface area is 143 Å². The zero-order chi connectivity index (χ0) is 16.8.